The molecule has 18 heavy (non-hydrogen) atoms. The first-order valence-corrected chi connectivity index (χ1v) is 7.34. The Morgan fingerprint density at radius 3 is 2.78 bits per heavy atom. The number of nitrogens with two attached hydrogens (primary N) is 1. The van der Waals surface area contributed by atoms with Gasteiger partial charge in [0.1, 0.15) is 6.10 Å². The Morgan fingerprint density at radius 2 is 2.22 bits per heavy atom. The van der Waals surface area contributed by atoms with Crippen LogP contribution in [-0.4, -0.2) is 31.2 Å². The molecule has 0 aromatic heterocycles. The van der Waals surface area contributed by atoms with Crippen molar-refractivity contribution >= 4 is 5.91 Å². The van der Waals surface area contributed by atoms with E-state index in [0.29, 0.717) is 12.5 Å². The first-order chi connectivity index (χ1) is 8.71. The van der Waals surface area contributed by atoms with Crippen molar-refractivity contribution < 1.29 is 9.53 Å². The van der Waals surface area contributed by atoms with Crippen LogP contribution in [0.15, 0.2) is 0 Å². The van der Waals surface area contributed by atoms with Gasteiger partial charge in [0.15, 0.2) is 0 Å². The topological polar surface area (TPSA) is 64.4 Å². The number of carbonyl (C=O) groups excluding carboxylic acids is 1. The lowest BCUT2D eigenvalue weighted by Crippen LogP contribution is -2.38. The molecule has 3 atom stereocenters. The molecular weight excluding hydrogens is 228 g/mol. The van der Waals surface area contributed by atoms with Gasteiger partial charge in [-0.3, -0.25) is 4.79 Å². The highest BCUT2D eigenvalue weighted by Gasteiger charge is 2.29. The number of hydrogen-bond donors (Lipinski definition) is 2. The zero-order chi connectivity index (χ0) is 13.4. The molecule has 3 N–H and O–H groups in total. The highest BCUT2D eigenvalue weighted by atomic mass is 16.5. The van der Waals surface area contributed by atoms with Crippen molar-refractivity contribution in [1.82, 2.24) is 5.32 Å². The lowest BCUT2D eigenvalue weighted by Gasteiger charge is -2.17. The maximum absolute atomic E-state index is 11.9. The Labute approximate surface area is 111 Å². The Kier molecular flexibility index (Phi) is 7.28. The number of unbranched alkanes of at least 4 members (excludes halogenated alkanes) is 1. The molecule has 4 nitrogen and oxygen atoms in total. The third-order valence-corrected chi connectivity index (χ3v) is 3.77. The first-order valence-electron chi connectivity index (χ1n) is 7.34. The lowest BCUT2D eigenvalue weighted by molar-refractivity contribution is -0.132. The number of rotatable bonds is 8. The van der Waals surface area contributed by atoms with Crippen LogP contribution < -0.4 is 11.1 Å². The van der Waals surface area contributed by atoms with Crippen molar-refractivity contribution in [3.63, 3.8) is 0 Å². The minimum absolute atomic E-state index is 0.0425. The van der Waals surface area contributed by atoms with E-state index in [4.69, 9.17) is 10.5 Å². The van der Waals surface area contributed by atoms with E-state index in [-0.39, 0.29) is 18.1 Å². The van der Waals surface area contributed by atoms with Crippen LogP contribution in [0.3, 0.4) is 0 Å². The highest BCUT2D eigenvalue weighted by molar-refractivity contribution is 5.81. The molecule has 4 heteroatoms. The second kappa shape index (κ2) is 8.48. The Hall–Kier alpha value is -0.610. The van der Waals surface area contributed by atoms with Crippen LogP contribution in [0.25, 0.3) is 0 Å². The summed E-state index contributed by atoms with van der Waals surface area (Å²) >= 11 is 0. The van der Waals surface area contributed by atoms with Crippen molar-refractivity contribution in [3.05, 3.63) is 0 Å². The zero-order valence-corrected chi connectivity index (χ0v) is 11.8. The van der Waals surface area contributed by atoms with Gasteiger partial charge in [-0.15, -0.1) is 0 Å². The molecule has 1 saturated heterocycles. The summed E-state index contributed by atoms with van der Waals surface area (Å²) in [5.74, 6) is 0.640. The molecular formula is C14H28N2O2. The lowest BCUT2D eigenvalue weighted by atomic mass is 9.99. The predicted octanol–water partition coefficient (Wildman–Crippen LogP) is 1.83. The zero-order valence-electron chi connectivity index (χ0n) is 11.8. The van der Waals surface area contributed by atoms with Gasteiger partial charge in [-0.1, -0.05) is 33.1 Å². The third-order valence-electron chi connectivity index (χ3n) is 3.77. The van der Waals surface area contributed by atoms with Crippen LogP contribution in [0.1, 0.15) is 52.4 Å². The van der Waals surface area contributed by atoms with Crippen molar-refractivity contribution in [2.75, 3.05) is 13.1 Å². The standard InChI is InChI=1S/C14H28N2O2/c1-3-5-6-11(4-2)10-16-14(17)13-8-7-12(9-15)18-13/h11-13H,3-10,15H2,1-2H3,(H,16,17). The molecule has 1 aliphatic rings. The monoisotopic (exact) mass is 256 g/mol. The van der Waals surface area contributed by atoms with Gasteiger partial charge in [-0.2, -0.15) is 0 Å². The Bertz CT molecular complexity index is 246. The van der Waals surface area contributed by atoms with E-state index in [9.17, 15) is 4.79 Å². The van der Waals surface area contributed by atoms with Gasteiger partial charge in [0.05, 0.1) is 6.10 Å². The molecule has 1 rings (SSSR count). The summed E-state index contributed by atoms with van der Waals surface area (Å²) < 4.78 is 5.58. The summed E-state index contributed by atoms with van der Waals surface area (Å²) in [6.07, 6.45) is 6.28. The largest absolute Gasteiger partial charge is 0.364 e. The molecule has 0 aromatic rings. The molecule has 1 fully saturated rings. The van der Waals surface area contributed by atoms with E-state index in [1.54, 1.807) is 0 Å². The average molecular weight is 256 g/mol. The number of nitrogens with one attached hydrogen (secondary N) is 1. The van der Waals surface area contributed by atoms with E-state index < -0.39 is 0 Å². The van der Waals surface area contributed by atoms with Crippen molar-refractivity contribution in [1.29, 1.82) is 0 Å². The summed E-state index contributed by atoms with van der Waals surface area (Å²) in [6.45, 7) is 5.67. The van der Waals surface area contributed by atoms with Crippen LogP contribution in [0.2, 0.25) is 0 Å². The summed E-state index contributed by atoms with van der Waals surface area (Å²) in [7, 11) is 0. The van der Waals surface area contributed by atoms with E-state index in [1.807, 2.05) is 0 Å². The molecule has 0 spiro atoms. The molecule has 0 aliphatic carbocycles. The second-order valence-electron chi connectivity index (χ2n) is 5.22. The van der Waals surface area contributed by atoms with Crippen LogP contribution in [-0.2, 0) is 9.53 Å². The maximum Gasteiger partial charge on any atom is 0.249 e. The summed E-state index contributed by atoms with van der Waals surface area (Å²) in [6, 6.07) is 0. The van der Waals surface area contributed by atoms with Crippen LogP contribution in [0.5, 0.6) is 0 Å². The number of hydrogen-bond acceptors (Lipinski definition) is 3. The number of amides is 1. The molecule has 1 heterocycles. The molecule has 1 amide bonds. The van der Waals surface area contributed by atoms with Gasteiger partial charge in [0.25, 0.3) is 0 Å². The summed E-state index contributed by atoms with van der Waals surface area (Å²) in [5.41, 5.74) is 5.54. The van der Waals surface area contributed by atoms with Gasteiger partial charge in [-0.25, -0.2) is 0 Å². The van der Waals surface area contributed by atoms with Gasteiger partial charge in [0.2, 0.25) is 5.91 Å². The molecule has 0 radical (unpaired) electrons. The fourth-order valence-electron chi connectivity index (χ4n) is 2.37. The van der Waals surface area contributed by atoms with E-state index in [0.717, 1.165) is 25.8 Å². The predicted molar refractivity (Wildman–Crippen MR) is 73.3 cm³/mol. The molecule has 1 aliphatic heterocycles. The molecule has 106 valence electrons. The number of carbonyl (C=O) groups is 1. The molecule has 3 unspecified atom stereocenters. The molecule has 0 bridgehead atoms. The third kappa shape index (κ3) is 4.94. The van der Waals surface area contributed by atoms with Crippen molar-refractivity contribution in [3.8, 4) is 0 Å². The Morgan fingerprint density at radius 1 is 1.44 bits per heavy atom. The first kappa shape index (κ1) is 15.4. The fraction of sp³-hybridized carbons (Fsp3) is 0.929. The van der Waals surface area contributed by atoms with E-state index in [1.165, 1.54) is 19.3 Å². The smallest absolute Gasteiger partial charge is 0.249 e. The molecule has 0 saturated carbocycles. The van der Waals surface area contributed by atoms with E-state index >= 15 is 0 Å². The van der Waals surface area contributed by atoms with Gasteiger partial charge in [0, 0.05) is 13.1 Å². The SMILES string of the molecule is CCCCC(CC)CNC(=O)C1CCC(CN)O1. The highest BCUT2D eigenvalue weighted by Crippen LogP contribution is 2.19. The number of ether oxygens (including phenoxy) is 1. The maximum atomic E-state index is 11.9. The van der Waals surface area contributed by atoms with Crippen LogP contribution in [0.4, 0.5) is 0 Å². The van der Waals surface area contributed by atoms with Crippen LogP contribution in [0, 0.1) is 5.92 Å². The van der Waals surface area contributed by atoms with Crippen molar-refractivity contribution in [2.24, 2.45) is 11.7 Å². The summed E-state index contributed by atoms with van der Waals surface area (Å²) in [4.78, 5) is 11.9. The van der Waals surface area contributed by atoms with Gasteiger partial charge < -0.3 is 15.8 Å². The normalized spacial score (nSPS) is 25.1. The summed E-state index contributed by atoms with van der Waals surface area (Å²) in [5, 5.41) is 3.02. The minimum Gasteiger partial charge on any atom is -0.364 e. The fourth-order valence-corrected chi connectivity index (χ4v) is 2.37. The van der Waals surface area contributed by atoms with Gasteiger partial charge >= 0.3 is 0 Å². The minimum atomic E-state index is -0.276. The quantitative estimate of drug-likeness (QED) is 0.696. The Balaban J connectivity index is 2.23. The van der Waals surface area contributed by atoms with Crippen LogP contribution >= 0.6 is 0 Å². The second-order valence-corrected chi connectivity index (χ2v) is 5.22. The van der Waals surface area contributed by atoms with E-state index in [2.05, 4.69) is 19.2 Å². The van der Waals surface area contributed by atoms with Gasteiger partial charge in [-0.05, 0) is 25.2 Å². The van der Waals surface area contributed by atoms with Crippen molar-refractivity contribution in [2.45, 2.75) is 64.6 Å². The average Bonchev–Trinajstić information content (AvgIpc) is 2.87. The molecule has 0 aromatic carbocycles.